The number of hydrogen-bond donors (Lipinski definition) is 0. The third-order valence-corrected chi connectivity index (χ3v) is 11.3. The molecule has 2 spiro atoms. The van der Waals surface area contributed by atoms with Crippen LogP contribution in [0.15, 0.2) is 97.1 Å². The summed E-state index contributed by atoms with van der Waals surface area (Å²) in [5, 5.41) is 4.51. The molecule has 0 fully saturated rings. The zero-order valence-electron chi connectivity index (χ0n) is 26.1. The highest BCUT2D eigenvalue weighted by Gasteiger charge is 2.59. The van der Waals surface area contributed by atoms with Crippen LogP contribution in [0.4, 0.5) is 11.4 Å². The molecule has 0 radical (unpaired) electrons. The van der Waals surface area contributed by atoms with E-state index >= 15 is 0 Å². The van der Waals surface area contributed by atoms with E-state index in [0.717, 1.165) is 44.2 Å². The minimum absolute atomic E-state index is 0.253. The van der Waals surface area contributed by atoms with Crippen molar-refractivity contribution < 1.29 is 9.47 Å². The van der Waals surface area contributed by atoms with Gasteiger partial charge in [-0.3, -0.25) is 0 Å². The lowest BCUT2D eigenvalue weighted by Crippen LogP contribution is -2.58. The van der Waals surface area contributed by atoms with Gasteiger partial charge in [-0.2, -0.15) is 0 Å². The molecule has 0 aliphatic carbocycles. The summed E-state index contributed by atoms with van der Waals surface area (Å²) in [6.07, 6.45) is 8.98. The minimum atomic E-state index is -0.628. The van der Waals surface area contributed by atoms with Crippen LogP contribution in [0.25, 0.3) is 33.7 Å². The lowest BCUT2D eigenvalue weighted by atomic mass is 9.76. The van der Waals surface area contributed by atoms with Crippen molar-refractivity contribution in [3.05, 3.63) is 119 Å². The average molecular weight is 577 g/mol. The summed E-state index contributed by atoms with van der Waals surface area (Å²) in [6, 6.07) is 30.7. The normalized spacial score (nSPS) is 24.8. The fourth-order valence-corrected chi connectivity index (χ4v) is 8.60. The van der Waals surface area contributed by atoms with Gasteiger partial charge in [0.15, 0.2) is 0 Å². The Kier molecular flexibility index (Phi) is 4.72. The first-order chi connectivity index (χ1) is 21.1. The predicted molar refractivity (Wildman–Crippen MR) is 182 cm³/mol. The maximum absolute atomic E-state index is 7.21. The quantitative estimate of drug-likeness (QED) is 0.172. The molecule has 2 atom stereocenters. The molecular formula is C40H36N2O2. The van der Waals surface area contributed by atoms with E-state index in [2.05, 4.69) is 161 Å². The molecule has 0 aromatic heterocycles. The number of ether oxygens (including phenoxy) is 2. The Labute approximate surface area is 258 Å². The van der Waals surface area contributed by atoms with E-state index in [0.29, 0.717) is 0 Å². The molecule has 0 bridgehead atoms. The number of hydrogen-bond acceptors (Lipinski definition) is 4. The van der Waals surface area contributed by atoms with Gasteiger partial charge in [-0.25, -0.2) is 0 Å². The van der Waals surface area contributed by atoms with Gasteiger partial charge in [-0.15, -0.1) is 0 Å². The van der Waals surface area contributed by atoms with E-state index in [1.807, 2.05) is 0 Å². The molecule has 4 heterocycles. The van der Waals surface area contributed by atoms with Crippen molar-refractivity contribution in [2.75, 3.05) is 23.9 Å². The molecule has 4 nitrogen and oxygen atoms in total. The maximum Gasteiger partial charge on any atom is 0.211 e. The van der Waals surface area contributed by atoms with Crippen LogP contribution in [0, 0.1) is 0 Å². The van der Waals surface area contributed by atoms with Gasteiger partial charge in [0.25, 0.3) is 0 Å². The van der Waals surface area contributed by atoms with E-state index in [1.165, 1.54) is 22.5 Å². The highest BCUT2D eigenvalue weighted by atomic mass is 16.5. The second kappa shape index (κ2) is 8.06. The van der Waals surface area contributed by atoms with Crippen molar-refractivity contribution >= 4 is 45.1 Å². The molecule has 44 heavy (non-hydrogen) atoms. The molecule has 5 aromatic carbocycles. The first kappa shape index (κ1) is 25.8. The summed E-state index contributed by atoms with van der Waals surface area (Å²) in [5.74, 6) is 1.86. The number of nitrogens with zero attached hydrogens (tertiary/aromatic N) is 2. The van der Waals surface area contributed by atoms with Crippen LogP contribution in [0.5, 0.6) is 11.5 Å². The predicted octanol–water partition coefficient (Wildman–Crippen LogP) is 9.05. The largest absolute Gasteiger partial charge is 0.462 e. The fourth-order valence-electron chi connectivity index (χ4n) is 8.60. The molecule has 0 N–H and O–H groups in total. The second-order valence-corrected chi connectivity index (χ2v) is 13.9. The molecule has 218 valence electrons. The summed E-state index contributed by atoms with van der Waals surface area (Å²) in [4.78, 5) is 4.60. The number of rotatable bonds is 0. The van der Waals surface area contributed by atoms with Crippen molar-refractivity contribution in [2.45, 2.75) is 50.0 Å². The van der Waals surface area contributed by atoms with Gasteiger partial charge >= 0.3 is 0 Å². The van der Waals surface area contributed by atoms with Crippen LogP contribution in [-0.2, 0) is 10.8 Å². The molecule has 4 heteroatoms. The third-order valence-electron chi connectivity index (χ3n) is 11.3. The zero-order chi connectivity index (χ0) is 30.2. The Morgan fingerprint density at radius 1 is 0.523 bits per heavy atom. The molecule has 0 amide bonds. The van der Waals surface area contributed by atoms with Crippen LogP contribution in [0.1, 0.15) is 49.9 Å². The summed E-state index contributed by atoms with van der Waals surface area (Å²) >= 11 is 0. The standard InChI is InChI=1S/C40H36N2O2/c1-37(2)31-11-7-9-13-33(31)41(5)39(37)21-19-25-15-17-27-24-30-28(23-29(27)35(25)43-39)18-16-26-20-22-40(44-36(26)30)38(3,4)32-12-8-10-14-34(32)42(40)6/h7-24H,1-6H3. The van der Waals surface area contributed by atoms with Gasteiger partial charge < -0.3 is 19.3 Å². The zero-order valence-corrected chi connectivity index (χ0v) is 26.1. The van der Waals surface area contributed by atoms with Gasteiger partial charge in [-0.05, 0) is 98.2 Å². The third kappa shape index (κ3) is 2.85. The number of fused-ring (bicyclic) bond motifs is 8. The van der Waals surface area contributed by atoms with Crippen LogP contribution >= 0.6 is 0 Å². The first-order valence-electron chi connectivity index (χ1n) is 15.6. The highest BCUT2D eigenvalue weighted by Crippen LogP contribution is 2.57. The molecule has 0 saturated heterocycles. The van der Waals surface area contributed by atoms with E-state index in [1.54, 1.807) is 0 Å². The Hall–Kier alpha value is -4.70. The Balaban J connectivity index is 1.19. The van der Waals surface area contributed by atoms with E-state index in [-0.39, 0.29) is 10.8 Å². The SMILES string of the molecule is CN1c2ccccc2C(C)(C)C12C=Cc1ccc3cc4c5c(ccc4cc3c1O2)C=CC1(O5)N(C)c2ccccc2C1(C)C. The van der Waals surface area contributed by atoms with Crippen LogP contribution in [0.3, 0.4) is 0 Å². The Morgan fingerprint density at radius 2 is 0.932 bits per heavy atom. The van der Waals surface area contributed by atoms with Crippen molar-refractivity contribution in [1.82, 2.24) is 0 Å². The molecule has 0 saturated carbocycles. The van der Waals surface area contributed by atoms with Gasteiger partial charge in [0, 0.05) is 47.4 Å². The molecular weight excluding hydrogens is 540 g/mol. The average Bonchev–Trinajstić information content (AvgIpc) is 3.30. The molecule has 9 rings (SSSR count). The smallest absolute Gasteiger partial charge is 0.211 e. The highest BCUT2D eigenvalue weighted by molar-refractivity contribution is 6.06. The number of likely N-dealkylation sites (N-methyl/N-ethyl adjacent to an activating group) is 2. The van der Waals surface area contributed by atoms with Crippen molar-refractivity contribution in [3.8, 4) is 11.5 Å². The van der Waals surface area contributed by atoms with E-state index < -0.39 is 11.4 Å². The molecule has 2 unspecified atom stereocenters. The van der Waals surface area contributed by atoms with Crippen LogP contribution < -0.4 is 19.3 Å². The van der Waals surface area contributed by atoms with Crippen molar-refractivity contribution in [3.63, 3.8) is 0 Å². The van der Waals surface area contributed by atoms with Crippen LogP contribution in [-0.4, -0.2) is 25.5 Å². The number of para-hydroxylation sites is 2. The number of benzene rings is 5. The maximum atomic E-state index is 7.21. The van der Waals surface area contributed by atoms with Gasteiger partial charge in [0.05, 0.1) is 10.8 Å². The monoisotopic (exact) mass is 576 g/mol. The molecule has 4 aliphatic rings. The molecule has 4 aliphatic heterocycles. The van der Waals surface area contributed by atoms with Crippen LogP contribution in [0.2, 0.25) is 0 Å². The summed E-state index contributed by atoms with van der Waals surface area (Å²) < 4.78 is 14.4. The first-order valence-corrected chi connectivity index (χ1v) is 15.6. The topological polar surface area (TPSA) is 24.9 Å². The fraction of sp³-hybridized carbons (Fsp3) is 0.250. The second-order valence-electron chi connectivity index (χ2n) is 13.9. The van der Waals surface area contributed by atoms with E-state index in [9.17, 15) is 0 Å². The summed E-state index contributed by atoms with van der Waals surface area (Å²) in [7, 11) is 4.30. The van der Waals surface area contributed by atoms with E-state index in [4.69, 9.17) is 9.47 Å². The molecule has 5 aromatic rings. The van der Waals surface area contributed by atoms with Gasteiger partial charge in [0.1, 0.15) is 11.5 Å². The minimum Gasteiger partial charge on any atom is -0.462 e. The van der Waals surface area contributed by atoms with Crippen molar-refractivity contribution in [1.29, 1.82) is 0 Å². The lowest BCUT2D eigenvalue weighted by molar-refractivity contribution is 0.0596. The van der Waals surface area contributed by atoms with Gasteiger partial charge in [0.2, 0.25) is 11.4 Å². The summed E-state index contributed by atoms with van der Waals surface area (Å²) in [6.45, 7) is 9.16. The van der Waals surface area contributed by atoms with Gasteiger partial charge in [-0.1, -0.05) is 60.7 Å². The lowest BCUT2D eigenvalue weighted by Gasteiger charge is -2.46. The van der Waals surface area contributed by atoms with Crippen molar-refractivity contribution in [2.24, 2.45) is 0 Å². The Bertz CT molecular complexity index is 1990. The number of anilines is 2. The summed E-state index contributed by atoms with van der Waals surface area (Å²) in [5.41, 5.74) is 5.47. The Morgan fingerprint density at radius 3 is 1.34 bits per heavy atom.